The van der Waals surface area contributed by atoms with E-state index < -0.39 is 18.9 Å². The van der Waals surface area contributed by atoms with Crippen LogP contribution in [0.15, 0.2) is 36.4 Å². The molecule has 3 rings (SSSR count). The van der Waals surface area contributed by atoms with Crippen molar-refractivity contribution in [1.29, 1.82) is 0 Å². The Labute approximate surface area is 171 Å². The molecular weight excluding hydrogens is 369 g/mol. The van der Waals surface area contributed by atoms with Gasteiger partial charge in [0.1, 0.15) is 5.75 Å². The molecule has 1 aliphatic heterocycles. The van der Waals surface area contributed by atoms with Crippen molar-refractivity contribution in [3.63, 3.8) is 0 Å². The number of rotatable bonds is 8. The van der Waals surface area contributed by atoms with Crippen molar-refractivity contribution in [1.82, 2.24) is 5.32 Å². The quantitative estimate of drug-likeness (QED) is 0.470. The van der Waals surface area contributed by atoms with Crippen LogP contribution in [0.2, 0.25) is 5.82 Å². The summed E-state index contributed by atoms with van der Waals surface area (Å²) in [6.07, 6.45) is 2.52. The van der Waals surface area contributed by atoms with Gasteiger partial charge in [0.15, 0.2) is 5.78 Å². The molecular formula is C22H26BNO5. The van der Waals surface area contributed by atoms with Gasteiger partial charge in [0, 0.05) is 24.3 Å². The van der Waals surface area contributed by atoms with Gasteiger partial charge in [-0.05, 0) is 48.7 Å². The molecule has 2 aromatic carbocycles. The standard InChI is InChI=1S/C22H26BNO5/c1-3-5-14-8-9-15(10-17(14)13-24-2)20(25)12-18-11-16-6-4-7-19(22(26)27)21(16)29-23(18)28/h4,6-10,18,24,28H,3,5,11-13H2,1-2H3,(H,26,27)/t18-/m1/s1. The van der Waals surface area contributed by atoms with E-state index >= 15 is 0 Å². The van der Waals surface area contributed by atoms with Crippen molar-refractivity contribution in [2.24, 2.45) is 0 Å². The number of ketones is 1. The molecule has 2 aromatic rings. The average Bonchev–Trinajstić information content (AvgIpc) is 2.69. The fraction of sp³-hybridized carbons (Fsp3) is 0.364. The average molecular weight is 395 g/mol. The molecule has 29 heavy (non-hydrogen) atoms. The van der Waals surface area contributed by atoms with E-state index in [2.05, 4.69) is 12.2 Å². The Hall–Kier alpha value is -2.64. The predicted octanol–water partition coefficient (Wildman–Crippen LogP) is 3.12. The van der Waals surface area contributed by atoms with E-state index in [-0.39, 0.29) is 23.5 Å². The lowest BCUT2D eigenvalue weighted by Gasteiger charge is -2.28. The minimum Gasteiger partial charge on any atom is -0.535 e. The highest BCUT2D eigenvalue weighted by Crippen LogP contribution is 2.36. The predicted molar refractivity (Wildman–Crippen MR) is 112 cm³/mol. The Morgan fingerprint density at radius 3 is 2.72 bits per heavy atom. The van der Waals surface area contributed by atoms with E-state index in [1.54, 1.807) is 12.1 Å². The highest BCUT2D eigenvalue weighted by Gasteiger charge is 2.37. The fourth-order valence-electron chi connectivity index (χ4n) is 3.85. The molecule has 6 nitrogen and oxygen atoms in total. The summed E-state index contributed by atoms with van der Waals surface area (Å²) in [4.78, 5) is 24.3. The molecule has 152 valence electrons. The van der Waals surface area contributed by atoms with E-state index in [0.717, 1.165) is 18.4 Å². The molecule has 0 saturated carbocycles. The van der Waals surface area contributed by atoms with Crippen molar-refractivity contribution in [3.8, 4) is 5.75 Å². The SMILES string of the molecule is CCCc1ccc(C(=O)C[C@H]2Cc3cccc(C(=O)O)c3OB2O)cc1CNC. The number of Topliss-reactive ketones (excluding diaryl/α,β-unsaturated/α-hetero) is 1. The second-order valence-corrected chi connectivity index (χ2v) is 7.46. The van der Waals surface area contributed by atoms with Crippen LogP contribution in [-0.4, -0.2) is 36.0 Å². The summed E-state index contributed by atoms with van der Waals surface area (Å²) in [5.74, 6) is -1.40. The number of hydrogen-bond acceptors (Lipinski definition) is 5. The first-order chi connectivity index (χ1) is 13.9. The number of carbonyl (C=O) groups excluding carboxylic acids is 1. The number of hydrogen-bond donors (Lipinski definition) is 3. The molecule has 0 fully saturated rings. The molecule has 0 amide bonds. The zero-order valence-electron chi connectivity index (χ0n) is 16.8. The molecule has 0 saturated heterocycles. The van der Waals surface area contributed by atoms with Gasteiger partial charge in [0.05, 0.1) is 5.56 Å². The van der Waals surface area contributed by atoms with Gasteiger partial charge in [0.25, 0.3) is 0 Å². The van der Waals surface area contributed by atoms with Crippen molar-refractivity contribution in [2.45, 2.75) is 45.0 Å². The summed E-state index contributed by atoms with van der Waals surface area (Å²) in [6.45, 7) is 2.82. The third kappa shape index (κ3) is 4.69. The van der Waals surface area contributed by atoms with Crippen molar-refractivity contribution < 1.29 is 24.4 Å². The fourth-order valence-corrected chi connectivity index (χ4v) is 3.85. The molecule has 0 spiro atoms. The van der Waals surface area contributed by atoms with Crippen LogP contribution in [0.4, 0.5) is 0 Å². The van der Waals surface area contributed by atoms with Crippen molar-refractivity contribution >= 4 is 18.9 Å². The Kier molecular flexibility index (Phi) is 6.72. The third-order valence-corrected chi connectivity index (χ3v) is 5.31. The third-order valence-electron chi connectivity index (χ3n) is 5.31. The van der Waals surface area contributed by atoms with Gasteiger partial charge >= 0.3 is 13.1 Å². The number of benzene rings is 2. The number of nitrogens with one attached hydrogen (secondary N) is 1. The zero-order valence-corrected chi connectivity index (χ0v) is 16.8. The topological polar surface area (TPSA) is 95.9 Å². The second-order valence-electron chi connectivity index (χ2n) is 7.46. The Balaban J connectivity index is 1.78. The summed E-state index contributed by atoms with van der Waals surface area (Å²) in [5.41, 5.74) is 3.68. The molecule has 7 heteroatoms. The number of carboxylic acids is 1. The van der Waals surface area contributed by atoms with E-state index in [9.17, 15) is 19.7 Å². The number of carbonyl (C=O) groups is 2. The smallest absolute Gasteiger partial charge is 0.526 e. The van der Waals surface area contributed by atoms with E-state index in [1.165, 1.54) is 11.6 Å². The molecule has 1 atom stereocenters. The molecule has 0 aliphatic carbocycles. The number of carboxylic acid groups (broad SMARTS) is 1. The van der Waals surface area contributed by atoms with Crippen LogP contribution in [0.1, 0.15) is 57.2 Å². The van der Waals surface area contributed by atoms with Crippen LogP contribution in [0.3, 0.4) is 0 Å². The maximum Gasteiger partial charge on any atom is 0.526 e. The summed E-state index contributed by atoms with van der Waals surface area (Å²) in [6, 6.07) is 10.6. The lowest BCUT2D eigenvalue weighted by molar-refractivity contribution is 0.0693. The molecule has 0 aromatic heterocycles. The first-order valence-electron chi connectivity index (χ1n) is 9.94. The number of fused-ring (bicyclic) bond motifs is 1. The number of aromatic carboxylic acids is 1. The summed E-state index contributed by atoms with van der Waals surface area (Å²) in [5, 5.41) is 22.8. The Morgan fingerprint density at radius 1 is 1.24 bits per heavy atom. The van der Waals surface area contributed by atoms with Gasteiger partial charge in [-0.15, -0.1) is 0 Å². The molecule has 1 aliphatic rings. The zero-order chi connectivity index (χ0) is 21.0. The largest absolute Gasteiger partial charge is 0.535 e. The second kappa shape index (κ2) is 9.24. The minimum atomic E-state index is -1.22. The van der Waals surface area contributed by atoms with E-state index in [0.29, 0.717) is 24.1 Å². The molecule has 3 N–H and O–H groups in total. The van der Waals surface area contributed by atoms with Gasteiger partial charge in [-0.25, -0.2) is 4.79 Å². The lowest BCUT2D eigenvalue weighted by atomic mass is 9.64. The van der Waals surface area contributed by atoms with Gasteiger partial charge in [-0.2, -0.15) is 0 Å². The van der Waals surface area contributed by atoms with E-state index in [1.807, 2.05) is 25.2 Å². The molecule has 0 radical (unpaired) electrons. The maximum absolute atomic E-state index is 12.9. The first kappa shape index (κ1) is 21.1. The first-order valence-corrected chi connectivity index (χ1v) is 9.94. The highest BCUT2D eigenvalue weighted by atomic mass is 16.5. The highest BCUT2D eigenvalue weighted by molar-refractivity contribution is 6.47. The summed E-state index contributed by atoms with van der Waals surface area (Å²) < 4.78 is 5.50. The maximum atomic E-state index is 12.9. The molecule has 0 bridgehead atoms. The van der Waals surface area contributed by atoms with Crippen LogP contribution in [-0.2, 0) is 19.4 Å². The normalized spacial score (nSPS) is 15.6. The minimum absolute atomic E-state index is 0.0227. The van der Waals surface area contributed by atoms with Gasteiger partial charge < -0.3 is 20.1 Å². The van der Waals surface area contributed by atoms with Crippen molar-refractivity contribution in [2.75, 3.05) is 7.05 Å². The van der Waals surface area contributed by atoms with Gasteiger partial charge in [-0.3, -0.25) is 4.79 Å². The van der Waals surface area contributed by atoms with Gasteiger partial charge in [-0.1, -0.05) is 37.6 Å². The van der Waals surface area contributed by atoms with Crippen LogP contribution in [0, 0.1) is 0 Å². The van der Waals surface area contributed by atoms with Crippen LogP contribution in [0.5, 0.6) is 5.75 Å². The summed E-state index contributed by atoms with van der Waals surface area (Å²) >= 11 is 0. The van der Waals surface area contributed by atoms with Crippen molar-refractivity contribution in [3.05, 3.63) is 64.2 Å². The van der Waals surface area contributed by atoms with Crippen LogP contribution in [0.25, 0.3) is 0 Å². The number of aryl methyl sites for hydroxylation is 1. The number of para-hydroxylation sites is 1. The Morgan fingerprint density at radius 2 is 2.03 bits per heavy atom. The van der Waals surface area contributed by atoms with Gasteiger partial charge in [0.2, 0.25) is 0 Å². The Bertz CT molecular complexity index is 914. The summed E-state index contributed by atoms with van der Waals surface area (Å²) in [7, 11) is 0.658. The van der Waals surface area contributed by atoms with Crippen LogP contribution >= 0.6 is 0 Å². The molecule has 1 heterocycles. The van der Waals surface area contributed by atoms with Crippen LogP contribution < -0.4 is 9.97 Å². The van der Waals surface area contributed by atoms with E-state index in [4.69, 9.17) is 4.65 Å². The monoisotopic (exact) mass is 395 g/mol. The lowest BCUT2D eigenvalue weighted by Crippen LogP contribution is -2.35. The molecule has 0 unspecified atom stereocenters.